The largest absolute Gasteiger partial charge is 0.478 e. The van der Waals surface area contributed by atoms with Gasteiger partial charge in [-0.1, -0.05) is 0 Å². The summed E-state index contributed by atoms with van der Waals surface area (Å²) in [5.74, 6) is -0.966. The van der Waals surface area contributed by atoms with E-state index in [1.807, 2.05) is 12.3 Å². The second-order valence-electron chi connectivity index (χ2n) is 3.13. The van der Waals surface area contributed by atoms with Crippen LogP contribution < -0.4 is 0 Å². The molecule has 2 aromatic heterocycles. The molecule has 78 valence electrons. The van der Waals surface area contributed by atoms with Crippen LogP contribution in [0.5, 0.6) is 0 Å². The van der Waals surface area contributed by atoms with Gasteiger partial charge in [-0.25, -0.2) is 14.5 Å². The van der Waals surface area contributed by atoms with Crippen molar-refractivity contribution < 1.29 is 9.90 Å². The van der Waals surface area contributed by atoms with Crippen molar-refractivity contribution in [3.63, 3.8) is 0 Å². The fourth-order valence-electron chi connectivity index (χ4n) is 1.25. The zero-order valence-electron chi connectivity index (χ0n) is 8.26. The molecule has 0 spiro atoms. The molecular weight excluding hydrogens is 214 g/mol. The van der Waals surface area contributed by atoms with Crippen LogP contribution in [-0.4, -0.2) is 25.8 Å². The SMILES string of the molecule is Cc1csc(-n2ncc(C(=O)O)c2C)n1. The van der Waals surface area contributed by atoms with Crippen molar-refractivity contribution in [3.8, 4) is 5.13 Å². The van der Waals surface area contributed by atoms with Gasteiger partial charge in [0.05, 0.1) is 17.6 Å². The molecule has 0 fully saturated rings. The predicted molar refractivity (Wildman–Crippen MR) is 55.7 cm³/mol. The first-order valence-electron chi connectivity index (χ1n) is 4.30. The Morgan fingerprint density at radius 1 is 1.53 bits per heavy atom. The molecule has 0 aliphatic heterocycles. The first kappa shape index (κ1) is 9.85. The molecule has 0 bridgehead atoms. The molecule has 2 aromatic rings. The van der Waals surface area contributed by atoms with E-state index >= 15 is 0 Å². The van der Waals surface area contributed by atoms with Gasteiger partial charge >= 0.3 is 5.97 Å². The number of carbonyl (C=O) groups is 1. The van der Waals surface area contributed by atoms with Gasteiger partial charge in [0.25, 0.3) is 0 Å². The number of carboxylic acids is 1. The van der Waals surface area contributed by atoms with Crippen molar-refractivity contribution in [1.29, 1.82) is 0 Å². The van der Waals surface area contributed by atoms with E-state index in [1.165, 1.54) is 17.5 Å². The van der Waals surface area contributed by atoms with Gasteiger partial charge in [-0.2, -0.15) is 5.10 Å². The Labute approximate surface area is 90.0 Å². The van der Waals surface area contributed by atoms with Crippen molar-refractivity contribution in [2.75, 3.05) is 0 Å². The molecule has 0 aliphatic carbocycles. The van der Waals surface area contributed by atoms with E-state index in [4.69, 9.17) is 5.11 Å². The fraction of sp³-hybridized carbons (Fsp3) is 0.222. The lowest BCUT2D eigenvalue weighted by molar-refractivity contribution is 0.0696. The quantitative estimate of drug-likeness (QED) is 0.840. The molecule has 1 N–H and O–H groups in total. The molecule has 0 saturated carbocycles. The average Bonchev–Trinajstić information content (AvgIpc) is 2.71. The van der Waals surface area contributed by atoms with Gasteiger partial charge in [-0.05, 0) is 13.8 Å². The van der Waals surface area contributed by atoms with E-state index in [-0.39, 0.29) is 5.56 Å². The van der Waals surface area contributed by atoms with Crippen molar-refractivity contribution in [2.45, 2.75) is 13.8 Å². The topological polar surface area (TPSA) is 68.0 Å². The third kappa shape index (κ3) is 1.63. The van der Waals surface area contributed by atoms with E-state index in [0.29, 0.717) is 10.8 Å². The third-order valence-electron chi connectivity index (χ3n) is 2.03. The molecule has 0 atom stereocenters. The van der Waals surface area contributed by atoms with Crippen molar-refractivity contribution in [3.05, 3.63) is 28.5 Å². The summed E-state index contributed by atoms with van der Waals surface area (Å²) in [6.45, 7) is 3.60. The molecule has 5 nitrogen and oxygen atoms in total. The summed E-state index contributed by atoms with van der Waals surface area (Å²) in [4.78, 5) is 15.0. The molecule has 0 amide bonds. The van der Waals surface area contributed by atoms with E-state index in [2.05, 4.69) is 10.1 Å². The van der Waals surface area contributed by atoms with Crippen LogP contribution in [0.15, 0.2) is 11.6 Å². The molecule has 15 heavy (non-hydrogen) atoms. The second-order valence-corrected chi connectivity index (χ2v) is 3.97. The van der Waals surface area contributed by atoms with Crippen molar-refractivity contribution in [1.82, 2.24) is 14.8 Å². The number of rotatable bonds is 2. The van der Waals surface area contributed by atoms with E-state index in [0.717, 1.165) is 5.69 Å². The Hall–Kier alpha value is -1.69. The minimum absolute atomic E-state index is 0.211. The maximum absolute atomic E-state index is 10.8. The summed E-state index contributed by atoms with van der Waals surface area (Å²) < 4.78 is 1.54. The van der Waals surface area contributed by atoms with Gasteiger partial charge in [0, 0.05) is 5.38 Å². The van der Waals surface area contributed by atoms with Crippen molar-refractivity contribution in [2.24, 2.45) is 0 Å². The molecule has 0 unspecified atom stereocenters. The molecule has 0 radical (unpaired) electrons. The molecule has 2 heterocycles. The lowest BCUT2D eigenvalue weighted by atomic mass is 10.3. The van der Waals surface area contributed by atoms with Gasteiger partial charge in [0.15, 0.2) is 0 Å². The number of hydrogen-bond donors (Lipinski definition) is 1. The standard InChI is InChI=1S/C9H9N3O2S/c1-5-4-15-9(11-5)12-6(2)7(3-10-12)8(13)14/h3-4H,1-2H3,(H,13,14). The number of aromatic nitrogens is 3. The zero-order chi connectivity index (χ0) is 11.0. The minimum Gasteiger partial charge on any atom is -0.478 e. The zero-order valence-corrected chi connectivity index (χ0v) is 9.08. The fourth-order valence-corrected chi connectivity index (χ4v) is 2.06. The highest BCUT2D eigenvalue weighted by atomic mass is 32.1. The van der Waals surface area contributed by atoms with Gasteiger partial charge in [-0.15, -0.1) is 11.3 Å². The Kier molecular flexibility index (Phi) is 2.28. The average molecular weight is 223 g/mol. The number of aromatic carboxylic acids is 1. The number of hydrogen-bond acceptors (Lipinski definition) is 4. The van der Waals surface area contributed by atoms with Crippen LogP contribution in [-0.2, 0) is 0 Å². The third-order valence-corrected chi connectivity index (χ3v) is 2.96. The summed E-state index contributed by atoms with van der Waals surface area (Å²) in [5.41, 5.74) is 1.71. The Morgan fingerprint density at radius 2 is 2.27 bits per heavy atom. The number of carboxylic acid groups (broad SMARTS) is 1. The number of thiazole rings is 1. The molecule has 0 aliphatic rings. The first-order valence-corrected chi connectivity index (χ1v) is 5.18. The number of nitrogens with zero attached hydrogens (tertiary/aromatic N) is 3. The molecule has 6 heteroatoms. The Morgan fingerprint density at radius 3 is 2.73 bits per heavy atom. The highest BCUT2D eigenvalue weighted by Gasteiger charge is 2.15. The molecular formula is C9H9N3O2S. The first-order chi connectivity index (χ1) is 7.09. The van der Waals surface area contributed by atoms with E-state index in [9.17, 15) is 4.79 Å². The summed E-state index contributed by atoms with van der Waals surface area (Å²) in [5, 5.41) is 15.5. The van der Waals surface area contributed by atoms with Crippen LogP contribution in [0.4, 0.5) is 0 Å². The maximum Gasteiger partial charge on any atom is 0.339 e. The lowest BCUT2D eigenvalue weighted by Gasteiger charge is -1.98. The van der Waals surface area contributed by atoms with Gasteiger partial charge in [0.1, 0.15) is 5.56 Å². The van der Waals surface area contributed by atoms with Crippen LogP contribution in [0.25, 0.3) is 5.13 Å². The minimum atomic E-state index is -0.966. The van der Waals surface area contributed by atoms with Crippen LogP contribution in [0.2, 0.25) is 0 Å². The van der Waals surface area contributed by atoms with Crippen molar-refractivity contribution >= 4 is 17.3 Å². The maximum atomic E-state index is 10.8. The van der Waals surface area contributed by atoms with Crippen LogP contribution in [0.3, 0.4) is 0 Å². The van der Waals surface area contributed by atoms with Crippen LogP contribution >= 0.6 is 11.3 Å². The summed E-state index contributed by atoms with van der Waals surface area (Å²) in [7, 11) is 0. The highest BCUT2D eigenvalue weighted by Crippen LogP contribution is 2.17. The number of aryl methyl sites for hydroxylation is 1. The van der Waals surface area contributed by atoms with Crippen LogP contribution in [0.1, 0.15) is 21.7 Å². The van der Waals surface area contributed by atoms with Gasteiger partial charge < -0.3 is 5.11 Å². The van der Waals surface area contributed by atoms with E-state index in [1.54, 1.807) is 11.6 Å². The summed E-state index contributed by atoms with van der Waals surface area (Å²) >= 11 is 1.44. The Balaban J connectivity index is 2.50. The monoisotopic (exact) mass is 223 g/mol. The second kappa shape index (κ2) is 3.47. The normalized spacial score (nSPS) is 10.5. The van der Waals surface area contributed by atoms with Gasteiger partial charge in [-0.3, -0.25) is 0 Å². The molecule has 0 saturated heterocycles. The molecule has 0 aromatic carbocycles. The molecule has 2 rings (SSSR count). The summed E-state index contributed by atoms with van der Waals surface area (Å²) in [6, 6.07) is 0. The summed E-state index contributed by atoms with van der Waals surface area (Å²) in [6.07, 6.45) is 1.34. The lowest BCUT2D eigenvalue weighted by Crippen LogP contribution is -2.02. The highest BCUT2D eigenvalue weighted by molar-refractivity contribution is 7.12. The smallest absolute Gasteiger partial charge is 0.339 e. The van der Waals surface area contributed by atoms with E-state index < -0.39 is 5.97 Å². The predicted octanol–water partition coefficient (Wildman–Crippen LogP) is 1.64. The Bertz CT molecular complexity index is 515. The van der Waals surface area contributed by atoms with Gasteiger partial charge in [0.2, 0.25) is 5.13 Å². The van der Waals surface area contributed by atoms with Crippen LogP contribution in [0, 0.1) is 13.8 Å².